The van der Waals surface area contributed by atoms with Crippen LogP contribution in [0.15, 0.2) is 24.3 Å². The molecule has 1 aliphatic rings. The Hall–Kier alpha value is -2.09. The maximum Gasteiger partial charge on any atom is 0.416 e. The molecule has 156 valence electrons. The Labute approximate surface area is 162 Å². The Balaban J connectivity index is 1.97. The second kappa shape index (κ2) is 9.41. The van der Waals surface area contributed by atoms with Crippen molar-refractivity contribution in [2.45, 2.75) is 51.2 Å². The van der Waals surface area contributed by atoms with E-state index in [9.17, 15) is 27.9 Å². The molecular formula is C20H27F3N2O3. The number of carbonyl (C=O) groups is 2. The fraction of sp³-hybridized carbons (Fsp3) is 0.600. The summed E-state index contributed by atoms with van der Waals surface area (Å²) >= 11 is 0. The molecular weight excluding hydrogens is 373 g/mol. The first-order valence-corrected chi connectivity index (χ1v) is 9.56. The Bertz CT molecular complexity index is 676. The molecule has 1 aromatic carbocycles. The number of halogens is 3. The van der Waals surface area contributed by atoms with E-state index in [1.807, 2.05) is 0 Å². The molecule has 0 spiro atoms. The van der Waals surface area contributed by atoms with E-state index in [1.165, 1.54) is 17.0 Å². The number of carbonyl (C=O) groups excluding carboxylic acids is 1. The highest BCUT2D eigenvalue weighted by Crippen LogP contribution is 2.30. The predicted molar refractivity (Wildman–Crippen MR) is 98.5 cm³/mol. The first-order chi connectivity index (χ1) is 13.1. The topological polar surface area (TPSA) is 83.6 Å². The Morgan fingerprint density at radius 2 is 1.86 bits per heavy atom. The summed E-state index contributed by atoms with van der Waals surface area (Å²) in [6.45, 7) is 2.56. The van der Waals surface area contributed by atoms with Gasteiger partial charge in [0.15, 0.2) is 0 Å². The molecule has 5 nitrogen and oxygen atoms in total. The molecule has 2 rings (SSSR count). The van der Waals surface area contributed by atoms with E-state index in [-0.39, 0.29) is 24.8 Å². The SMILES string of the molecule is CCCCCC1CN(C(=O)C(N)Cc2ccc(C(F)(F)F)cc2)CC1C(=O)O. The number of alkyl halides is 3. The van der Waals surface area contributed by atoms with Gasteiger partial charge in [0, 0.05) is 13.1 Å². The van der Waals surface area contributed by atoms with Gasteiger partial charge < -0.3 is 15.7 Å². The number of rotatable bonds is 8. The molecule has 3 unspecified atom stereocenters. The maximum atomic E-state index is 12.6. The van der Waals surface area contributed by atoms with Gasteiger partial charge in [0.25, 0.3) is 0 Å². The normalized spacial score (nSPS) is 21.0. The maximum absolute atomic E-state index is 12.6. The van der Waals surface area contributed by atoms with Gasteiger partial charge in [-0.25, -0.2) is 0 Å². The second-order valence-electron chi connectivity index (χ2n) is 7.45. The number of hydrogen-bond acceptors (Lipinski definition) is 3. The fourth-order valence-corrected chi connectivity index (χ4v) is 3.69. The Morgan fingerprint density at radius 3 is 2.39 bits per heavy atom. The fourth-order valence-electron chi connectivity index (χ4n) is 3.69. The molecule has 1 aromatic rings. The van der Waals surface area contributed by atoms with Crippen LogP contribution in [0, 0.1) is 11.8 Å². The molecule has 3 atom stereocenters. The summed E-state index contributed by atoms with van der Waals surface area (Å²) in [5, 5.41) is 9.44. The van der Waals surface area contributed by atoms with Gasteiger partial charge in [0.2, 0.25) is 5.91 Å². The average molecular weight is 400 g/mol. The zero-order chi connectivity index (χ0) is 20.9. The number of nitrogens with zero attached hydrogens (tertiary/aromatic N) is 1. The third-order valence-electron chi connectivity index (χ3n) is 5.30. The number of nitrogens with two attached hydrogens (primary N) is 1. The smallest absolute Gasteiger partial charge is 0.416 e. The molecule has 1 amide bonds. The van der Waals surface area contributed by atoms with E-state index < -0.39 is 29.7 Å². The summed E-state index contributed by atoms with van der Waals surface area (Å²) < 4.78 is 37.9. The average Bonchev–Trinajstić information content (AvgIpc) is 3.05. The van der Waals surface area contributed by atoms with Gasteiger partial charge in [-0.05, 0) is 36.5 Å². The number of unbranched alkanes of at least 4 members (excludes halogenated alkanes) is 2. The van der Waals surface area contributed by atoms with Crippen molar-refractivity contribution in [3.8, 4) is 0 Å². The minimum atomic E-state index is -4.41. The largest absolute Gasteiger partial charge is 0.481 e. The number of aliphatic carboxylic acids is 1. The summed E-state index contributed by atoms with van der Waals surface area (Å²) in [7, 11) is 0. The van der Waals surface area contributed by atoms with Crippen LogP contribution in [0.4, 0.5) is 13.2 Å². The zero-order valence-corrected chi connectivity index (χ0v) is 15.9. The second-order valence-corrected chi connectivity index (χ2v) is 7.45. The van der Waals surface area contributed by atoms with Crippen molar-refractivity contribution < 1.29 is 27.9 Å². The van der Waals surface area contributed by atoms with Crippen LogP contribution in [0.5, 0.6) is 0 Å². The number of benzene rings is 1. The predicted octanol–water partition coefficient (Wildman–Crippen LogP) is 3.31. The minimum Gasteiger partial charge on any atom is -0.481 e. The summed E-state index contributed by atoms with van der Waals surface area (Å²) in [6.07, 6.45) is -0.584. The molecule has 1 fully saturated rings. The van der Waals surface area contributed by atoms with Crippen LogP contribution in [0.2, 0.25) is 0 Å². The number of carboxylic acid groups (broad SMARTS) is 1. The molecule has 0 radical (unpaired) electrons. The monoisotopic (exact) mass is 400 g/mol. The minimum absolute atomic E-state index is 0.0914. The highest BCUT2D eigenvalue weighted by Gasteiger charge is 2.40. The molecule has 1 aliphatic heterocycles. The van der Waals surface area contributed by atoms with Crippen molar-refractivity contribution in [1.29, 1.82) is 0 Å². The molecule has 28 heavy (non-hydrogen) atoms. The molecule has 0 aromatic heterocycles. The first-order valence-electron chi connectivity index (χ1n) is 9.56. The van der Waals surface area contributed by atoms with Crippen LogP contribution in [-0.2, 0) is 22.2 Å². The van der Waals surface area contributed by atoms with Crippen LogP contribution in [0.1, 0.15) is 43.7 Å². The quantitative estimate of drug-likeness (QED) is 0.656. The van der Waals surface area contributed by atoms with Gasteiger partial charge in [-0.15, -0.1) is 0 Å². The molecule has 0 bridgehead atoms. The van der Waals surface area contributed by atoms with Crippen LogP contribution >= 0.6 is 0 Å². The molecule has 1 heterocycles. The van der Waals surface area contributed by atoms with Crippen LogP contribution in [0.25, 0.3) is 0 Å². The van der Waals surface area contributed by atoms with Crippen molar-refractivity contribution in [2.24, 2.45) is 17.6 Å². The number of hydrogen-bond donors (Lipinski definition) is 2. The van der Waals surface area contributed by atoms with Crippen molar-refractivity contribution in [3.05, 3.63) is 35.4 Å². The van der Waals surface area contributed by atoms with Crippen LogP contribution in [0.3, 0.4) is 0 Å². The van der Waals surface area contributed by atoms with Gasteiger partial charge >= 0.3 is 12.1 Å². The standard InChI is InChI=1S/C20H27F3N2O3/c1-2-3-4-5-14-11-25(12-16(14)19(27)28)18(26)17(24)10-13-6-8-15(9-7-13)20(21,22)23/h6-9,14,16-17H,2-5,10-12,24H2,1H3,(H,27,28). The molecule has 0 aliphatic carbocycles. The van der Waals surface area contributed by atoms with Gasteiger partial charge in [0.1, 0.15) is 0 Å². The Kier molecular flexibility index (Phi) is 7.46. The lowest BCUT2D eigenvalue weighted by Crippen LogP contribution is -2.44. The van der Waals surface area contributed by atoms with Gasteiger partial charge in [-0.3, -0.25) is 9.59 Å². The highest BCUT2D eigenvalue weighted by molar-refractivity contribution is 5.83. The van der Waals surface area contributed by atoms with Crippen molar-refractivity contribution in [3.63, 3.8) is 0 Å². The van der Waals surface area contributed by atoms with E-state index in [0.29, 0.717) is 12.1 Å². The third kappa shape index (κ3) is 5.70. The van der Waals surface area contributed by atoms with Crippen molar-refractivity contribution in [2.75, 3.05) is 13.1 Å². The molecule has 1 saturated heterocycles. The first kappa shape index (κ1) is 22.2. The summed E-state index contributed by atoms with van der Waals surface area (Å²) in [4.78, 5) is 25.7. The number of likely N-dealkylation sites (tertiary alicyclic amines) is 1. The number of amides is 1. The lowest BCUT2D eigenvalue weighted by Gasteiger charge is -2.21. The van der Waals surface area contributed by atoms with Gasteiger partial charge in [-0.2, -0.15) is 13.2 Å². The van der Waals surface area contributed by atoms with E-state index in [1.54, 1.807) is 0 Å². The summed E-state index contributed by atoms with van der Waals surface area (Å²) in [6, 6.07) is 3.64. The molecule has 8 heteroatoms. The highest BCUT2D eigenvalue weighted by atomic mass is 19.4. The summed E-state index contributed by atoms with van der Waals surface area (Å²) in [5.41, 5.74) is 5.76. The van der Waals surface area contributed by atoms with E-state index in [4.69, 9.17) is 5.73 Å². The lowest BCUT2D eigenvalue weighted by molar-refractivity contribution is -0.143. The van der Waals surface area contributed by atoms with Crippen molar-refractivity contribution in [1.82, 2.24) is 4.90 Å². The molecule has 0 saturated carbocycles. The van der Waals surface area contributed by atoms with Crippen LogP contribution in [-0.4, -0.2) is 41.0 Å². The van der Waals surface area contributed by atoms with Crippen molar-refractivity contribution >= 4 is 11.9 Å². The number of carboxylic acids is 1. The zero-order valence-electron chi connectivity index (χ0n) is 15.9. The van der Waals surface area contributed by atoms with Gasteiger partial charge in [-0.1, -0.05) is 38.3 Å². The van der Waals surface area contributed by atoms with E-state index >= 15 is 0 Å². The van der Waals surface area contributed by atoms with Gasteiger partial charge in [0.05, 0.1) is 17.5 Å². The van der Waals surface area contributed by atoms with E-state index in [2.05, 4.69) is 6.92 Å². The van der Waals surface area contributed by atoms with Crippen LogP contribution < -0.4 is 5.73 Å². The van der Waals surface area contributed by atoms with E-state index in [0.717, 1.165) is 37.8 Å². The lowest BCUT2D eigenvalue weighted by atomic mass is 9.91. The molecule has 3 N–H and O–H groups in total. The Morgan fingerprint density at radius 1 is 1.21 bits per heavy atom. The third-order valence-corrected chi connectivity index (χ3v) is 5.30. The summed E-state index contributed by atoms with van der Waals surface area (Å²) in [5.74, 6) is -1.96.